The molecule has 0 aromatic heterocycles. The van der Waals surface area contributed by atoms with Crippen LogP contribution >= 0.6 is 45.2 Å². The molecule has 0 aliphatic rings. The summed E-state index contributed by atoms with van der Waals surface area (Å²) in [4.78, 5) is 20.4. The minimum atomic E-state index is 0.0487. The summed E-state index contributed by atoms with van der Waals surface area (Å²) in [5, 5.41) is 8.39. The van der Waals surface area contributed by atoms with E-state index < -0.39 is 0 Å². The van der Waals surface area contributed by atoms with E-state index in [1.165, 1.54) is 0 Å². The van der Waals surface area contributed by atoms with Crippen LogP contribution in [0.3, 0.4) is 0 Å². The van der Waals surface area contributed by atoms with Crippen molar-refractivity contribution in [2.45, 2.75) is 12.8 Å². The number of carbonyl (C=O) groups excluding carboxylic acids is 2. The first-order valence-corrected chi connectivity index (χ1v) is 6.62. The van der Waals surface area contributed by atoms with Crippen molar-refractivity contribution in [3.8, 4) is 0 Å². The normalized spacial score (nSPS) is 10.3. The lowest BCUT2D eigenvalue weighted by Gasteiger charge is -2.21. The number of aliphatic hydroxyl groups excluding tert-OH is 1. The molecule has 0 aliphatic carbocycles. The van der Waals surface area contributed by atoms with E-state index in [4.69, 9.17) is 5.11 Å². The highest BCUT2D eigenvalue weighted by molar-refractivity contribution is 14.1. The van der Waals surface area contributed by atoms with Gasteiger partial charge in [0.25, 0.3) is 0 Å². The summed E-state index contributed by atoms with van der Waals surface area (Å²) >= 11 is 3.36. The van der Waals surface area contributed by atoms with Gasteiger partial charge in [0.1, 0.15) is 6.54 Å². The summed E-state index contributed by atoms with van der Waals surface area (Å²) < 4.78 is 0.941. The molecule has 0 saturated carbocycles. The predicted octanol–water partition coefficient (Wildman–Crippen LogP) is 1.37. The molecule has 90 valence electrons. The van der Waals surface area contributed by atoms with E-state index in [0.717, 1.165) is 11.0 Å². The molecule has 0 rings (SSSR count). The second-order valence-electron chi connectivity index (χ2n) is 3.95. The molecule has 0 heterocycles. The van der Waals surface area contributed by atoms with Crippen molar-refractivity contribution in [3.05, 3.63) is 0 Å². The molecule has 0 saturated heterocycles. The van der Waals surface area contributed by atoms with Crippen molar-refractivity contribution in [1.29, 1.82) is 0 Å². The highest BCUT2D eigenvalue weighted by atomic mass is 127. The van der Waals surface area contributed by atoms with Crippen LogP contribution in [0, 0.1) is 0 Å². The van der Waals surface area contributed by atoms with E-state index in [9.17, 15) is 9.59 Å². The fourth-order valence-corrected chi connectivity index (χ4v) is 1.04. The Morgan fingerprint density at radius 2 is 1.40 bits per heavy atom. The average Bonchev–Trinajstić information content (AvgIpc) is 1.99. The van der Waals surface area contributed by atoms with Gasteiger partial charge in [-0.25, -0.2) is 0 Å². The minimum Gasteiger partial charge on any atom is -0.391 e. The van der Waals surface area contributed by atoms with E-state index in [1.54, 1.807) is 45.2 Å². The van der Waals surface area contributed by atoms with E-state index in [-0.39, 0.29) is 14.2 Å². The van der Waals surface area contributed by atoms with Gasteiger partial charge in [-0.1, -0.05) is 0 Å². The van der Waals surface area contributed by atoms with Crippen LogP contribution in [0.25, 0.3) is 0 Å². The molecule has 0 aromatic carbocycles. The van der Waals surface area contributed by atoms with Gasteiger partial charge in [-0.05, 0) is 45.2 Å². The summed E-state index contributed by atoms with van der Waals surface area (Å²) in [6, 6.07) is 0. The predicted molar refractivity (Wildman–Crippen MR) is 77.3 cm³/mol. The Morgan fingerprint density at radius 1 is 1.07 bits per heavy atom. The smallest absolute Gasteiger partial charge is 0.192 e. The topological polar surface area (TPSA) is 54.4 Å². The Morgan fingerprint density at radius 3 is 1.47 bits per heavy atom. The molecule has 0 fully saturated rings. The molecule has 0 aromatic rings. The quantitative estimate of drug-likeness (QED) is 0.398. The van der Waals surface area contributed by atoms with Crippen LogP contribution < -0.4 is 0 Å². The second-order valence-corrected chi connectivity index (χ2v) is 6.35. The third kappa shape index (κ3) is 25.2. The van der Waals surface area contributed by atoms with E-state index >= 15 is 0 Å². The fourth-order valence-electron chi connectivity index (χ4n) is 0.497. The van der Waals surface area contributed by atoms with Crippen LogP contribution in [0.2, 0.25) is 0 Å². The molecule has 6 heteroatoms. The number of hydrogen-bond acceptors (Lipinski definition) is 3. The number of rotatable bonds is 5. The molecular weight excluding hydrogens is 424 g/mol. The van der Waals surface area contributed by atoms with Gasteiger partial charge in [-0.3, -0.25) is 9.59 Å². The first kappa shape index (κ1) is 18.1. The lowest BCUT2D eigenvalue weighted by molar-refractivity contribution is -0.870. The van der Waals surface area contributed by atoms with Gasteiger partial charge >= 0.3 is 0 Å². The molecule has 1 N–H and O–H groups in total. The van der Waals surface area contributed by atoms with Crippen LogP contribution in [0.15, 0.2) is 0 Å². The van der Waals surface area contributed by atoms with Crippen LogP contribution in [-0.4, -0.2) is 51.5 Å². The number of halogens is 2. The number of aliphatic hydroxyl groups is 1. The molecule has 4 nitrogen and oxygen atoms in total. The van der Waals surface area contributed by atoms with E-state index in [2.05, 4.69) is 21.1 Å². The Labute approximate surface area is 118 Å². The third-order valence-electron chi connectivity index (χ3n) is 1.29. The minimum absolute atomic E-state index is 0.0487. The zero-order valence-electron chi connectivity index (χ0n) is 9.30. The first-order chi connectivity index (χ1) is 6.69. The summed E-state index contributed by atoms with van der Waals surface area (Å²) in [5.41, 5.74) is 0. The van der Waals surface area contributed by atoms with Crippen LogP contribution in [0.4, 0.5) is 0 Å². The van der Waals surface area contributed by atoms with Crippen molar-refractivity contribution in [1.82, 2.24) is 0 Å². The lowest BCUT2D eigenvalue weighted by atomic mass is 10.4. The first-order valence-electron chi connectivity index (χ1n) is 4.47. The summed E-state index contributed by atoms with van der Waals surface area (Å²) in [5.74, 6) is 0. The van der Waals surface area contributed by atoms with E-state index in [1.807, 2.05) is 0 Å². The van der Waals surface area contributed by atoms with Gasteiger partial charge in [0, 0.05) is 12.8 Å². The fraction of sp³-hybridized carbons (Fsp3) is 0.778. The third-order valence-corrected chi connectivity index (χ3v) is 2.37. The largest absolute Gasteiger partial charge is 0.391 e. The number of likely N-dealkylation sites (N-methyl/N-ethyl adjacent to an activating group) is 1. The Bertz CT molecular complexity index is 188. The zero-order valence-corrected chi connectivity index (χ0v) is 13.6. The maximum atomic E-state index is 10.2. The maximum absolute atomic E-state index is 10.2. The summed E-state index contributed by atoms with van der Waals surface area (Å²) in [6.07, 6.45) is 0.755. The maximum Gasteiger partial charge on any atom is 0.192 e. The SMILES string of the molecule is C[N+](C)(C)CCO.O=C(I)CCC(=O)I. The van der Waals surface area contributed by atoms with Gasteiger partial charge in [0.05, 0.1) is 27.7 Å². The van der Waals surface area contributed by atoms with Crippen LogP contribution in [0.5, 0.6) is 0 Å². The molecule has 15 heavy (non-hydrogen) atoms. The van der Waals surface area contributed by atoms with Gasteiger partial charge in [-0.2, -0.15) is 0 Å². The average molecular weight is 442 g/mol. The molecule has 0 spiro atoms. The summed E-state index contributed by atoms with van der Waals surface area (Å²) in [7, 11) is 6.16. The van der Waals surface area contributed by atoms with Crippen molar-refractivity contribution >= 4 is 52.8 Å². The van der Waals surface area contributed by atoms with Crippen molar-refractivity contribution < 1.29 is 19.2 Å². The van der Waals surface area contributed by atoms with Gasteiger partial charge < -0.3 is 9.59 Å². The highest BCUT2D eigenvalue weighted by Gasteiger charge is 2.02. The Hall–Kier alpha value is 0.720. The molecule has 0 radical (unpaired) electrons. The van der Waals surface area contributed by atoms with Crippen LogP contribution in [-0.2, 0) is 9.59 Å². The van der Waals surface area contributed by atoms with E-state index in [0.29, 0.717) is 12.8 Å². The number of carbonyl (C=O) groups is 2. The molecule has 0 amide bonds. The number of nitrogens with zero attached hydrogens (tertiary/aromatic N) is 1. The van der Waals surface area contributed by atoms with Gasteiger partial charge in [-0.15, -0.1) is 0 Å². The van der Waals surface area contributed by atoms with Crippen molar-refractivity contribution in [3.63, 3.8) is 0 Å². The van der Waals surface area contributed by atoms with Gasteiger partial charge in [0.15, 0.2) is 7.58 Å². The second kappa shape index (κ2) is 9.91. The lowest BCUT2D eigenvalue weighted by Crippen LogP contribution is -2.36. The van der Waals surface area contributed by atoms with Crippen molar-refractivity contribution in [2.24, 2.45) is 0 Å². The molecule has 0 atom stereocenters. The molecule has 0 bridgehead atoms. The van der Waals surface area contributed by atoms with Gasteiger partial charge in [0.2, 0.25) is 0 Å². The standard InChI is InChI=1S/C5H14NO.C4H4I2O2/c1-6(2,3)4-5-7;5-3(7)1-2-4(6)8/h7H,4-5H2,1-3H3;1-2H2/q+1;. The zero-order chi connectivity index (χ0) is 12.5. The van der Waals surface area contributed by atoms with Crippen LogP contribution in [0.1, 0.15) is 12.8 Å². The number of quaternary nitrogens is 1. The highest BCUT2D eigenvalue weighted by Crippen LogP contribution is 2.01. The number of hydrogen-bond donors (Lipinski definition) is 1. The Balaban J connectivity index is 0. The van der Waals surface area contributed by atoms with Crippen molar-refractivity contribution in [2.75, 3.05) is 34.3 Å². The molecule has 0 aliphatic heterocycles. The Kier molecular flexibility index (Phi) is 12.0. The summed E-state index contributed by atoms with van der Waals surface area (Å²) in [6.45, 7) is 1.11. The molecular formula is C9H18I2NO3+. The monoisotopic (exact) mass is 442 g/mol. The molecule has 0 unspecified atom stereocenters.